The lowest BCUT2D eigenvalue weighted by atomic mass is 9.64. The van der Waals surface area contributed by atoms with Crippen LogP contribution >= 0.6 is 0 Å². The molecule has 4 heteroatoms. The number of aliphatic carboxylic acids is 1. The summed E-state index contributed by atoms with van der Waals surface area (Å²) in [6.45, 7) is 6.82. The van der Waals surface area contributed by atoms with E-state index in [4.69, 9.17) is 0 Å². The van der Waals surface area contributed by atoms with Gasteiger partial charge in [0.25, 0.3) is 0 Å². The minimum absolute atomic E-state index is 0.177. The second-order valence-electron chi connectivity index (χ2n) is 7.57. The lowest BCUT2D eigenvalue weighted by molar-refractivity contribution is -0.146. The van der Waals surface area contributed by atoms with Crippen molar-refractivity contribution in [2.45, 2.75) is 52.9 Å². The number of aromatic nitrogens is 2. The molecular weight excluding hydrogens is 264 g/mol. The summed E-state index contributed by atoms with van der Waals surface area (Å²) in [4.78, 5) is 15.9. The molecule has 1 N–H and O–H groups in total. The fourth-order valence-electron chi connectivity index (χ4n) is 3.65. The summed E-state index contributed by atoms with van der Waals surface area (Å²) in [5.74, 6) is 1.16. The van der Waals surface area contributed by atoms with Crippen molar-refractivity contribution in [3.63, 3.8) is 0 Å². The first-order valence-electron chi connectivity index (χ1n) is 7.98. The maximum atomic E-state index is 11.5. The summed E-state index contributed by atoms with van der Waals surface area (Å²) in [5.41, 5.74) is 0.269. The topological polar surface area (TPSA) is 55.1 Å². The average molecular weight is 292 g/mol. The fourth-order valence-corrected chi connectivity index (χ4v) is 3.65. The van der Waals surface area contributed by atoms with E-state index in [0.717, 1.165) is 37.9 Å². The highest BCUT2D eigenvalue weighted by Gasteiger charge is 2.38. The number of hydrogen-bond donors (Lipinski definition) is 1. The van der Waals surface area contributed by atoms with Gasteiger partial charge in [0.15, 0.2) is 0 Å². The van der Waals surface area contributed by atoms with Crippen molar-refractivity contribution in [2.24, 2.45) is 30.2 Å². The van der Waals surface area contributed by atoms with Gasteiger partial charge < -0.3 is 9.67 Å². The highest BCUT2D eigenvalue weighted by Crippen LogP contribution is 2.44. The summed E-state index contributed by atoms with van der Waals surface area (Å²) in [6.07, 6.45) is 8.45. The normalized spacial score (nSPS) is 26.8. The number of imidazole rings is 1. The molecule has 1 fully saturated rings. The second kappa shape index (κ2) is 6.20. The van der Waals surface area contributed by atoms with E-state index in [1.54, 1.807) is 0 Å². The van der Waals surface area contributed by atoms with Crippen molar-refractivity contribution in [3.8, 4) is 0 Å². The second-order valence-corrected chi connectivity index (χ2v) is 7.57. The van der Waals surface area contributed by atoms with Crippen molar-refractivity contribution in [3.05, 3.63) is 18.2 Å². The highest BCUT2D eigenvalue weighted by molar-refractivity contribution is 5.70. The fraction of sp³-hybridized carbons (Fsp3) is 0.765. The highest BCUT2D eigenvalue weighted by atomic mass is 16.4. The Balaban J connectivity index is 2.04. The van der Waals surface area contributed by atoms with Crippen LogP contribution in [-0.4, -0.2) is 20.6 Å². The van der Waals surface area contributed by atoms with Gasteiger partial charge in [0.05, 0.1) is 5.92 Å². The minimum Gasteiger partial charge on any atom is -0.481 e. The molecule has 1 heterocycles. The van der Waals surface area contributed by atoms with Gasteiger partial charge in [-0.1, -0.05) is 20.8 Å². The lowest BCUT2D eigenvalue weighted by Crippen LogP contribution is -2.35. The van der Waals surface area contributed by atoms with Gasteiger partial charge in [-0.25, -0.2) is 4.98 Å². The van der Waals surface area contributed by atoms with Crippen LogP contribution in [0.3, 0.4) is 0 Å². The van der Waals surface area contributed by atoms with Gasteiger partial charge in [0, 0.05) is 25.9 Å². The SMILES string of the molecule is Cn1ccnc1CCC1CC(C(C)(C)C)CCC1C(=O)O. The van der Waals surface area contributed by atoms with Gasteiger partial charge >= 0.3 is 5.97 Å². The van der Waals surface area contributed by atoms with Gasteiger partial charge in [-0.2, -0.15) is 0 Å². The summed E-state index contributed by atoms with van der Waals surface area (Å²) >= 11 is 0. The first-order valence-corrected chi connectivity index (χ1v) is 7.98. The maximum absolute atomic E-state index is 11.5. The summed E-state index contributed by atoms with van der Waals surface area (Å²) < 4.78 is 2.03. The monoisotopic (exact) mass is 292 g/mol. The number of carbonyl (C=O) groups is 1. The number of carboxylic acid groups (broad SMARTS) is 1. The van der Waals surface area contributed by atoms with E-state index in [1.807, 2.05) is 24.0 Å². The van der Waals surface area contributed by atoms with E-state index < -0.39 is 5.97 Å². The van der Waals surface area contributed by atoms with Crippen molar-refractivity contribution in [1.29, 1.82) is 0 Å². The molecular formula is C17H28N2O2. The number of aryl methyl sites for hydroxylation is 2. The quantitative estimate of drug-likeness (QED) is 0.924. The van der Waals surface area contributed by atoms with Crippen LogP contribution in [0.4, 0.5) is 0 Å². The third-order valence-corrected chi connectivity index (χ3v) is 5.18. The van der Waals surface area contributed by atoms with Gasteiger partial charge in [-0.05, 0) is 42.9 Å². The Kier molecular flexibility index (Phi) is 4.74. The molecule has 4 nitrogen and oxygen atoms in total. The molecule has 0 amide bonds. The molecule has 2 rings (SSSR count). The Morgan fingerprint density at radius 2 is 2.14 bits per heavy atom. The van der Waals surface area contributed by atoms with Gasteiger partial charge in [-0.15, -0.1) is 0 Å². The predicted molar refractivity (Wildman–Crippen MR) is 82.9 cm³/mol. The van der Waals surface area contributed by atoms with Crippen molar-refractivity contribution in [2.75, 3.05) is 0 Å². The Morgan fingerprint density at radius 3 is 2.67 bits per heavy atom. The third kappa shape index (κ3) is 3.86. The van der Waals surface area contributed by atoms with Gasteiger partial charge in [-0.3, -0.25) is 4.79 Å². The smallest absolute Gasteiger partial charge is 0.306 e. The van der Waals surface area contributed by atoms with E-state index >= 15 is 0 Å². The third-order valence-electron chi connectivity index (χ3n) is 5.18. The van der Waals surface area contributed by atoms with Gasteiger partial charge in [0.1, 0.15) is 5.82 Å². The van der Waals surface area contributed by atoms with E-state index in [9.17, 15) is 9.90 Å². The zero-order valence-electron chi connectivity index (χ0n) is 13.7. The number of rotatable bonds is 4. The molecule has 0 saturated heterocycles. The molecule has 3 atom stereocenters. The molecule has 1 aromatic rings. The largest absolute Gasteiger partial charge is 0.481 e. The maximum Gasteiger partial charge on any atom is 0.306 e. The average Bonchev–Trinajstić information content (AvgIpc) is 2.80. The van der Waals surface area contributed by atoms with E-state index in [0.29, 0.717) is 5.92 Å². The summed E-state index contributed by atoms with van der Waals surface area (Å²) in [5, 5.41) is 9.49. The molecule has 0 spiro atoms. The first-order chi connectivity index (χ1) is 9.79. The van der Waals surface area contributed by atoms with E-state index in [1.165, 1.54) is 0 Å². The minimum atomic E-state index is -0.618. The molecule has 0 aromatic carbocycles. The molecule has 118 valence electrons. The van der Waals surface area contributed by atoms with Crippen LogP contribution in [0.1, 0.15) is 52.3 Å². The van der Waals surface area contributed by atoms with Crippen molar-refractivity contribution in [1.82, 2.24) is 9.55 Å². The zero-order chi connectivity index (χ0) is 15.6. The van der Waals surface area contributed by atoms with Gasteiger partial charge in [0.2, 0.25) is 0 Å². The number of hydrogen-bond acceptors (Lipinski definition) is 2. The molecule has 0 aliphatic heterocycles. The zero-order valence-corrected chi connectivity index (χ0v) is 13.7. The predicted octanol–water partition coefficient (Wildman–Crippen LogP) is 3.52. The van der Waals surface area contributed by atoms with Crippen LogP contribution in [0, 0.1) is 23.2 Å². The molecule has 1 saturated carbocycles. The van der Waals surface area contributed by atoms with Crippen LogP contribution in [-0.2, 0) is 18.3 Å². The lowest BCUT2D eigenvalue weighted by Gasteiger charge is -2.40. The number of nitrogens with zero attached hydrogens (tertiary/aromatic N) is 2. The molecule has 1 aromatic heterocycles. The first kappa shape index (κ1) is 16.1. The molecule has 21 heavy (non-hydrogen) atoms. The molecule has 3 unspecified atom stereocenters. The van der Waals surface area contributed by atoms with E-state index in [2.05, 4.69) is 25.8 Å². The van der Waals surface area contributed by atoms with Crippen LogP contribution in [0.5, 0.6) is 0 Å². The van der Waals surface area contributed by atoms with Crippen molar-refractivity contribution >= 4 is 5.97 Å². The Bertz CT molecular complexity index is 487. The Morgan fingerprint density at radius 1 is 1.43 bits per heavy atom. The number of carboxylic acids is 1. The molecule has 0 bridgehead atoms. The Hall–Kier alpha value is -1.32. The van der Waals surface area contributed by atoms with Crippen LogP contribution in [0.25, 0.3) is 0 Å². The summed E-state index contributed by atoms with van der Waals surface area (Å²) in [6, 6.07) is 0. The molecule has 1 aliphatic carbocycles. The Labute approximate surface area is 127 Å². The molecule has 0 radical (unpaired) electrons. The van der Waals surface area contributed by atoms with Crippen LogP contribution in [0.2, 0.25) is 0 Å². The van der Waals surface area contributed by atoms with Crippen molar-refractivity contribution < 1.29 is 9.90 Å². The standard InChI is InChI=1S/C17H28N2O2/c1-17(2,3)13-6-7-14(16(20)21)12(11-13)5-8-15-18-9-10-19(15)4/h9-10,12-14H,5-8,11H2,1-4H3,(H,20,21). The van der Waals surface area contributed by atoms with Crippen LogP contribution < -0.4 is 0 Å². The van der Waals surface area contributed by atoms with Crippen LogP contribution in [0.15, 0.2) is 12.4 Å². The molecule has 1 aliphatic rings. The summed E-state index contributed by atoms with van der Waals surface area (Å²) in [7, 11) is 2.00. The van der Waals surface area contributed by atoms with E-state index in [-0.39, 0.29) is 17.3 Å².